The van der Waals surface area contributed by atoms with Crippen molar-refractivity contribution in [3.63, 3.8) is 0 Å². The Morgan fingerprint density at radius 3 is 2.83 bits per heavy atom. The Bertz CT molecular complexity index is 1460. The van der Waals surface area contributed by atoms with Crippen LogP contribution >= 0.6 is 15.9 Å². The summed E-state index contributed by atoms with van der Waals surface area (Å²) in [4.78, 5) is 27.2. The highest BCUT2D eigenvalue weighted by Crippen LogP contribution is 2.33. The molecule has 0 radical (unpaired) electrons. The first-order chi connectivity index (χ1) is 17.4. The van der Waals surface area contributed by atoms with Crippen molar-refractivity contribution in [2.24, 2.45) is 4.99 Å². The minimum absolute atomic E-state index is 0.206. The van der Waals surface area contributed by atoms with Crippen LogP contribution in [0.1, 0.15) is 25.5 Å². The maximum absolute atomic E-state index is 13.8. The van der Waals surface area contributed by atoms with Gasteiger partial charge in [-0.3, -0.25) is 9.78 Å². The van der Waals surface area contributed by atoms with Crippen LogP contribution in [0.5, 0.6) is 0 Å². The molecule has 186 valence electrons. The first-order valence-electron chi connectivity index (χ1n) is 11.6. The summed E-state index contributed by atoms with van der Waals surface area (Å²) < 4.78 is 16.1. The number of amides is 1. The Morgan fingerprint density at radius 2 is 2.11 bits per heavy atom. The van der Waals surface area contributed by atoms with Crippen LogP contribution in [-0.4, -0.2) is 67.4 Å². The van der Waals surface area contributed by atoms with E-state index in [2.05, 4.69) is 43.0 Å². The molecular weight excluding hydrogens is 529 g/mol. The molecule has 1 aliphatic heterocycles. The molecule has 4 heterocycles. The quantitative estimate of drug-likeness (QED) is 0.353. The number of likely N-dealkylation sites (tertiary alicyclic amines) is 1. The number of aliphatic hydroxyl groups excluding tert-OH is 1. The predicted molar refractivity (Wildman–Crippen MR) is 139 cm³/mol. The van der Waals surface area contributed by atoms with Crippen molar-refractivity contribution < 1.29 is 14.3 Å². The minimum atomic E-state index is -0.979. The first-order valence-corrected chi connectivity index (χ1v) is 12.4. The molecule has 1 saturated heterocycles. The molecule has 0 unspecified atom stereocenters. The number of piperidine rings is 1. The Hall–Kier alpha value is -3.28. The molecule has 1 aromatic carbocycles. The summed E-state index contributed by atoms with van der Waals surface area (Å²) in [5.41, 5.74) is 3.55. The second-order valence-corrected chi connectivity index (χ2v) is 9.66. The third-order valence-corrected chi connectivity index (χ3v) is 7.27. The number of hydrogen-bond donors (Lipinski definition) is 2. The fourth-order valence-electron chi connectivity index (χ4n) is 4.52. The lowest BCUT2D eigenvalue weighted by atomic mass is 10.0. The second-order valence-electron chi connectivity index (χ2n) is 8.87. The minimum Gasteiger partial charge on any atom is -0.384 e. The molecule has 0 saturated carbocycles. The number of aliphatic hydroxyl groups is 1. The topological polar surface area (TPSA) is 108 Å². The average molecular weight is 554 g/mol. The molecule has 1 fully saturated rings. The summed E-state index contributed by atoms with van der Waals surface area (Å²) in [6.45, 7) is 6.86. The SMILES string of the molecule is C=Nc1c(Br)c(CNC2CCN(C(=O)[C@H](C)O)CC2)nc2c(-c3cnc4ccc(F)cc4c3)cnn12. The third kappa shape index (κ3) is 4.61. The fourth-order valence-corrected chi connectivity index (χ4v) is 5.04. The molecule has 3 aromatic heterocycles. The number of aromatic nitrogens is 4. The third-order valence-electron chi connectivity index (χ3n) is 6.46. The largest absolute Gasteiger partial charge is 0.384 e. The van der Waals surface area contributed by atoms with E-state index in [1.807, 2.05) is 6.07 Å². The number of nitrogens with zero attached hydrogens (tertiary/aromatic N) is 6. The molecule has 1 atom stereocenters. The van der Waals surface area contributed by atoms with E-state index in [1.165, 1.54) is 19.1 Å². The van der Waals surface area contributed by atoms with Gasteiger partial charge in [0.1, 0.15) is 11.9 Å². The second kappa shape index (κ2) is 10.00. The predicted octanol–water partition coefficient (Wildman–Crippen LogP) is 3.64. The van der Waals surface area contributed by atoms with Crippen LogP contribution in [0.3, 0.4) is 0 Å². The Kier molecular flexibility index (Phi) is 6.78. The van der Waals surface area contributed by atoms with E-state index in [0.717, 1.165) is 29.7 Å². The van der Waals surface area contributed by atoms with Gasteiger partial charge in [-0.15, -0.1) is 0 Å². The van der Waals surface area contributed by atoms with Gasteiger partial charge in [-0.25, -0.2) is 14.4 Å². The van der Waals surface area contributed by atoms with Crippen molar-refractivity contribution in [1.29, 1.82) is 0 Å². The molecule has 36 heavy (non-hydrogen) atoms. The summed E-state index contributed by atoms with van der Waals surface area (Å²) in [6.07, 6.45) is 4.00. The van der Waals surface area contributed by atoms with Crippen LogP contribution in [-0.2, 0) is 11.3 Å². The highest BCUT2D eigenvalue weighted by molar-refractivity contribution is 9.10. The normalized spacial score (nSPS) is 15.5. The van der Waals surface area contributed by atoms with Crippen LogP contribution in [0.4, 0.5) is 10.2 Å². The monoisotopic (exact) mass is 553 g/mol. The fraction of sp³-hybridized carbons (Fsp3) is 0.320. The molecule has 9 nitrogen and oxygen atoms in total. The zero-order valence-electron chi connectivity index (χ0n) is 19.7. The number of aliphatic imine (C=N–C) groups is 1. The number of halogens is 2. The van der Waals surface area contributed by atoms with Crippen molar-refractivity contribution in [2.45, 2.75) is 38.5 Å². The maximum Gasteiger partial charge on any atom is 0.251 e. The number of carbonyl (C=O) groups excluding carboxylic acids is 1. The molecule has 0 aliphatic carbocycles. The highest BCUT2D eigenvalue weighted by atomic mass is 79.9. The van der Waals surface area contributed by atoms with E-state index >= 15 is 0 Å². The van der Waals surface area contributed by atoms with E-state index in [0.29, 0.717) is 46.5 Å². The lowest BCUT2D eigenvalue weighted by Gasteiger charge is -2.33. The van der Waals surface area contributed by atoms with Crippen molar-refractivity contribution >= 4 is 50.9 Å². The van der Waals surface area contributed by atoms with Gasteiger partial charge in [0.25, 0.3) is 5.91 Å². The maximum atomic E-state index is 13.8. The van der Waals surface area contributed by atoms with Crippen molar-refractivity contribution in [1.82, 2.24) is 29.8 Å². The van der Waals surface area contributed by atoms with Gasteiger partial charge in [-0.1, -0.05) is 0 Å². The van der Waals surface area contributed by atoms with Crippen molar-refractivity contribution in [3.05, 3.63) is 52.6 Å². The molecule has 5 rings (SSSR count). The number of rotatable bonds is 6. The van der Waals surface area contributed by atoms with Crippen LogP contribution in [0.25, 0.3) is 27.7 Å². The summed E-state index contributed by atoms with van der Waals surface area (Å²) in [7, 11) is 0. The van der Waals surface area contributed by atoms with E-state index in [1.54, 1.807) is 27.9 Å². The lowest BCUT2D eigenvalue weighted by Crippen LogP contribution is -2.47. The van der Waals surface area contributed by atoms with E-state index in [4.69, 9.17) is 4.98 Å². The van der Waals surface area contributed by atoms with Crippen LogP contribution in [0.15, 0.2) is 46.1 Å². The van der Waals surface area contributed by atoms with Gasteiger partial charge in [0, 0.05) is 48.4 Å². The van der Waals surface area contributed by atoms with Gasteiger partial charge in [0.05, 0.1) is 21.9 Å². The van der Waals surface area contributed by atoms with Crippen LogP contribution in [0.2, 0.25) is 0 Å². The van der Waals surface area contributed by atoms with E-state index < -0.39 is 6.10 Å². The van der Waals surface area contributed by atoms with Gasteiger partial charge >= 0.3 is 0 Å². The summed E-state index contributed by atoms with van der Waals surface area (Å²) in [5, 5.41) is 18.2. The molecular formula is C25H25BrFN7O2. The van der Waals surface area contributed by atoms with Crippen LogP contribution in [0, 0.1) is 5.82 Å². The van der Waals surface area contributed by atoms with E-state index in [-0.39, 0.29) is 17.8 Å². The number of nitrogens with one attached hydrogen (secondary N) is 1. The number of benzene rings is 1. The number of pyridine rings is 1. The number of carbonyl (C=O) groups is 1. The highest BCUT2D eigenvalue weighted by Gasteiger charge is 2.25. The Labute approximate surface area is 215 Å². The molecule has 4 aromatic rings. The van der Waals surface area contributed by atoms with Crippen LogP contribution < -0.4 is 5.32 Å². The number of fused-ring (bicyclic) bond motifs is 2. The molecule has 2 N–H and O–H groups in total. The average Bonchev–Trinajstić information content (AvgIpc) is 3.30. The van der Waals surface area contributed by atoms with Gasteiger partial charge in [-0.05, 0) is 66.7 Å². The zero-order valence-corrected chi connectivity index (χ0v) is 21.2. The molecule has 1 amide bonds. The van der Waals surface area contributed by atoms with E-state index in [9.17, 15) is 14.3 Å². The smallest absolute Gasteiger partial charge is 0.251 e. The van der Waals surface area contributed by atoms with Crippen molar-refractivity contribution in [3.8, 4) is 11.1 Å². The molecule has 0 spiro atoms. The summed E-state index contributed by atoms with van der Waals surface area (Å²) in [5.74, 6) is -0.0275. The lowest BCUT2D eigenvalue weighted by molar-refractivity contribution is -0.140. The molecule has 0 bridgehead atoms. The van der Waals surface area contributed by atoms with Crippen molar-refractivity contribution in [2.75, 3.05) is 13.1 Å². The standard InChI is InChI=1S/C25H25BrFN7O2/c1-14(35)25(36)33-7-5-18(6-8-33)29-13-21-22(26)24(28-2)34-23(32-21)19(12-31-34)16-9-15-10-17(27)3-4-20(15)30-11-16/h3-4,9-12,14,18,29,35H,2,5-8,13H2,1H3/t14-/m0/s1. The Morgan fingerprint density at radius 1 is 1.33 bits per heavy atom. The van der Waals surface area contributed by atoms with Gasteiger partial charge in [0.15, 0.2) is 11.5 Å². The van der Waals surface area contributed by atoms with Gasteiger partial charge in [-0.2, -0.15) is 9.61 Å². The first kappa shape index (κ1) is 24.4. The van der Waals surface area contributed by atoms with Gasteiger partial charge in [0.2, 0.25) is 0 Å². The number of hydrogen-bond acceptors (Lipinski definition) is 7. The Balaban J connectivity index is 1.41. The zero-order chi connectivity index (χ0) is 25.4. The van der Waals surface area contributed by atoms with Gasteiger partial charge < -0.3 is 15.3 Å². The summed E-state index contributed by atoms with van der Waals surface area (Å²) in [6, 6.07) is 6.56. The summed E-state index contributed by atoms with van der Waals surface area (Å²) >= 11 is 3.61. The molecule has 1 aliphatic rings. The molecule has 11 heteroatoms.